The van der Waals surface area contributed by atoms with Gasteiger partial charge in [-0.25, -0.2) is 9.59 Å². The quantitative estimate of drug-likeness (QED) is 0.542. The number of hydrogen-bond donors (Lipinski definition) is 4. The molecule has 1 rings (SSSR count). The van der Waals surface area contributed by atoms with Crippen molar-refractivity contribution in [3.8, 4) is 0 Å². The number of carbonyl (C=O) groups excluding carboxylic acids is 1. The molecule has 0 bridgehead atoms. The molecule has 104 valence electrons. The summed E-state index contributed by atoms with van der Waals surface area (Å²) in [4.78, 5) is 22.4. The van der Waals surface area contributed by atoms with Gasteiger partial charge in [-0.3, -0.25) is 0 Å². The Labute approximate surface area is 106 Å². The molecule has 0 spiro atoms. The van der Waals surface area contributed by atoms with Crippen LogP contribution in [0.3, 0.4) is 0 Å². The topological polar surface area (TPSA) is 108 Å². The second kappa shape index (κ2) is 6.55. The van der Waals surface area contributed by atoms with Gasteiger partial charge in [0.2, 0.25) is 0 Å². The minimum Gasteiger partial charge on any atom is -0.480 e. The molecule has 1 aliphatic rings. The van der Waals surface area contributed by atoms with Gasteiger partial charge in [0.05, 0.1) is 12.2 Å². The third-order valence-corrected chi connectivity index (χ3v) is 3.09. The van der Waals surface area contributed by atoms with Crippen LogP contribution in [0.25, 0.3) is 0 Å². The van der Waals surface area contributed by atoms with Crippen molar-refractivity contribution in [2.24, 2.45) is 0 Å². The lowest BCUT2D eigenvalue weighted by atomic mass is 10.2. The summed E-state index contributed by atoms with van der Waals surface area (Å²) in [5.41, 5.74) is 0. The number of aliphatic hydroxyl groups is 1. The molecule has 4 N–H and O–H groups in total. The van der Waals surface area contributed by atoms with Gasteiger partial charge in [0, 0.05) is 13.2 Å². The first kappa shape index (κ1) is 14.7. The van der Waals surface area contributed by atoms with Crippen molar-refractivity contribution in [1.82, 2.24) is 10.6 Å². The van der Waals surface area contributed by atoms with E-state index in [1.165, 1.54) is 6.92 Å². The van der Waals surface area contributed by atoms with Gasteiger partial charge in [-0.05, 0) is 26.2 Å². The summed E-state index contributed by atoms with van der Waals surface area (Å²) in [5.74, 6) is -1.26. The SMILES string of the molecule is COC1CCC(NC(=O)NC(C(=O)O)C(C)O)C1. The zero-order chi connectivity index (χ0) is 13.7. The molecule has 0 aromatic heterocycles. The molecule has 0 aliphatic heterocycles. The van der Waals surface area contributed by atoms with Crippen LogP contribution >= 0.6 is 0 Å². The van der Waals surface area contributed by atoms with Crippen LogP contribution in [0.2, 0.25) is 0 Å². The molecule has 1 aliphatic carbocycles. The molecule has 4 unspecified atom stereocenters. The van der Waals surface area contributed by atoms with Gasteiger partial charge in [-0.2, -0.15) is 0 Å². The van der Waals surface area contributed by atoms with E-state index in [1.807, 2.05) is 0 Å². The molecule has 2 amide bonds. The van der Waals surface area contributed by atoms with Crippen LogP contribution in [0.4, 0.5) is 4.79 Å². The number of ether oxygens (including phenoxy) is 1. The summed E-state index contributed by atoms with van der Waals surface area (Å²) in [6, 6.07) is -1.90. The lowest BCUT2D eigenvalue weighted by molar-refractivity contribution is -0.141. The molecule has 7 nitrogen and oxygen atoms in total. The van der Waals surface area contributed by atoms with E-state index in [1.54, 1.807) is 7.11 Å². The van der Waals surface area contributed by atoms with Crippen molar-refractivity contribution < 1.29 is 24.5 Å². The lowest BCUT2D eigenvalue weighted by Crippen LogP contribution is -2.52. The molecule has 0 aromatic carbocycles. The van der Waals surface area contributed by atoms with E-state index in [0.717, 1.165) is 19.3 Å². The first-order chi connectivity index (χ1) is 8.43. The van der Waals surface area contributed by atoms with Crippen LogP contribution in [0.1, 0.15) is 26.2 Å². The van der Waals surface area contributed by atoms with E-state index in [-0.39, 0.29) is 12.1 Å². The number of nitrogens with one attached hydrogen (secondary N) is 2. The third kappa shape index (κ3) is 4.15. The van der Waals surface area contributed by atoms with E-state index >= 15 is 0 Å². The molecule has 1 fully saturated rings. The number of amides is 2. The van der Waals surface area contributed by atoms with Crippen molar-refractivity contribution in [2.75, 3.05) is 7.11 Å². The fraction of sp³-hybridized carbons (Fsp3) is 0.818. The van der Waals surface area contributed by atoms with Gasteiger partial charge < -0.3 is 25.6 Å². The highest BCUT2D eigenvalue weighted by molar-refractivity contribution is 5.83. The van der Waals surface area contributed by atoms with Gasteiger partial charge in [-0.15, -0.1) is 0 Å². The Morgan fingerprint density at radius 1 is 1.39 bits per heavy atom. The average Bonchev–Trinajstić information content (AvgIpc) is 2.72. The van der Waals surface area contributed by atoms with Crippen molar-refractivity contribution in [3.05, 3.63) is 0 Å². The molecule has 4 atom stereocenters. The maximum absolute atomic E-state index is 11.6. The Balaban J connectivity index is 2.39. The number of rotatable bonds is 5. The average molecular weight is 260 g/mol. The summed E-state index contributed by atoms with van der Waals surface area (Å²) in [6.45, 7) is 1.32. The van der Waals surface area contributed by atoms with Crippen LogP contribution in [0, 0.1) is 0 Å². The second-order valence-corrected chi connectivity index (χ2v) is 4.54. The summed E-state index contributed by atoms with van der Waals surface area (Å²) in [7, 11) is 1.63. The van der Waals surface area contributed by atoms with Crippen LogP contribution in [0.5, 0.6) is 0 Å². The number of aliphatic carboxylic acids is 1. The Hall–Kier alpha value is -1.34. The van der Waals surface area contributed by atoms with Gasteiger partial charge in [0.15, 0.2) is 6.04 Å². The third-order valence-electron chi connectivity index (χ3n) is 3.09. The largest absolute Gasteiger partial charge is 0.480 e. The monoisotopic (exact) mass is 260 g/mol. The van der Waals surface area contributed by atoms with Gasteiger partial charge in [0.25, 0.3) is 0 Å². The molecule has 0 radical (unpaired) electrons. The van der Waals surface area contributed by atoms with Crippen molar-refractivity contribution >= 4 is 12.0 Å². The van der Waals surface area contributed by atoms with Crippen molar-refractivity contribution in [3.63, 3.8) is 0 Å². The Bertz CT molecular complexity index is 308. The summed E-state index contributed by atoms with van der Waals surface area (Å²) >= 11 is 0. The molecule has 0 saturated heterocycles. The minimum atomic E-state index is -1.30. The van der Waals surface area contributed by atoms with Crippen LogP contribution < -0.4 is 10.6 Å². The highest BCUT2D eigenvalue weighted by Crippen LogP contribution is 2.21. The van der Waals surface area contributed by atoms with E-state index < -0.39 is 24.1 Å². The van der Waals surface area contributed by atoms with Crippen LogP contribution in [-0.4, -0.2) is 53.6 Å². The fourth-order valence-electron chi connectivity index (χ4n) is 2.04. The minimum absolute atomic E-state index is 0.0154. The van der Waals surface area contributed by atoms with E-state index in [0.29, 0.717) is 0 Å². The fourth-order valence-corrected chi connectivity index (χ4v) is 2.04. The second-order valence-electron chi connectivity index (χ2n) is 4.54. The summed E-state index contributed by atoms with van der Waals surface area (Å²) in [5, 5.41) is 23.0. The summed E-state index contributed by atoms with van der Waals surface area (Å²) in [6.07, 6.45) is 1.39. The molecule has 7 heteroatoms. The van der Waals surface area contributed by atoms with E-state index in [9.17, 15) is 14.7 Å². The smallest absolute Gasteiger partial charge is 0.328 e. The van der Waals surface area contributed by atoms with E-state index in [4.69, 9.17) is 9.84 Å². The molecule has 1 saturated carbocycles. The molecule has 18 heavy (non-hydrogen) atoms. The molecule has 0 heterocycles. The zero-order valence-corrected chi connectivity index (χ0v) is 10.5. The molecular weight excluding hydrogens is 240 g/mol. The number of methoxy groups -OCH3 is 1. The van der Waals surface area contributed by atoms with Crippen LogP contribution in [-0.2, 0) is 9.53 Å². The number of hydrogen-bond acceptors (Lipinski definition) is 4. The lowest BCUT2D eigenvalue weighted by Gasteiger charge is -2.19. The van der Waals surface area contributed by atoms with Crippen LogP contribution in [0.15, 0.2) is 0 Å². The number of urea groups is 1. The standard InChI is InChI=1S/C11H20N2O5/c1-6(14)9(10(15)16)13-11(17)12-7-3-4-8(5-7)18-2/h6-9,14H,3-5H2,1-2H3,(H,15,16)(H2,12,13,17). The predicted octanol–water partition coefficient (Wildman–Crippen LogP) is -0.313. The number of carboxylic acid groups (broad SMARTS) is 1. The highest BCUT2D eigenvalue weighted by atomic mass is 16.5. The van der Waals surface area contributed by atoms with Crippen molar-refractivity contribution in [2.45, 2.75) is 50.5 Å². The number of carboxylic acids is 1. The van der Waals surface area contributed by atoms with Gasteiger partial charge >= 0.3 is 12.0 Å². The molecular formula is C11H20N2O5. The van der Waals surface area contributed by atoms with Gasteiger partial charge in [0.1, 0.15) is 0 Å². The summed E-state index contributed by atoms with van der Waals surface area (Å²) < 4.78 is 5.17. The maximum atomic E-state index is 11.6. The number of carbonyl (C=O) groups is 2. The Morgan fingerprint density at radius 3 is 2.50 bits per heavy atom. The normalized spacial score (nSPS) is 26.4. The predicted molar refractivity (Wildman–Crippen MR) is 63.2 cm³/mol. The highest BCUT2D eigenvalue weighted by Gasteiger charge is 2.28. The molecule has 0 aromatic rings. The Morgan fingerprint density at radius 2 is 2.06 bits per heavy atom. The maximum Gasteiger partial charge on any atom is 0.328 e. The first-order valence-corrected chi connectivity index (χ1v) is 5.94. The van der Waals surface area contributed by atoms with Crippen molar-refractivity contribution in [1.29, 1.82) is 0 Å². The zero-order valence-electron chi connectivity index (χ0n) is 10.5. The first-order valence-electron chi connectivity index (χ1n) is 5.94. The Kier molecular flexibility index (Phi) is 5.36. The number of aliphatic hydroxyl groups excluding tert-OH is 1. The van der Waals surface area contributed by atoms with E-state index in [2.05, 4.69) is 10.6 Å². The van der Waals surface area contributed by atoms with Gasteiger partial charge in [-0.1, -0.05) is 0 Å².